The Bertz CT molecular complexity index is 686. The van der Waals surface area contributed by atoms with Crippen LogP contribution in [-0.2, 0) is 13.0 Å². The topological polar surface area (TPSA) is 49.4 Å². The molecule has 4 nitrogen and oxygen atoms in total. The molecule has 0 unspecified atom stereocenters. The SMILES string of the molecule is O=C(NCCI)N(Cc1ccccc1)C(=O)SSCCc1ccccc1. The average Bonchev–Trinajstić information content (AvgIpc) is 2.69. The van der Waals surface area contributed by atoms with Crippen LogP contribution in [0.15, 0.2) is 60.7 Å². The highest BCUT2D eigenvalue weighted by molar-refractivity contribution is 14.1. The van der Waals surface area contributed by atoms with Gasteiger partial charge in [-0.3, -0.25) is 4.79 Å². The van der Waals surface area contributed by atoms with Crippen molar-refractivity contribution >= 4 is 55.4 Å². The largest absolute Gasteiger partial charge is 0.337 e. The van der Waals surface area contributed by atoms with E-state index in [9.17, 15) is 9.59 Å². The van der Waals surface area contributed by atoms with Crippen LogP contribution in [0.2, 0.25) is 0 Å². The Hall–Kier alpha value is -1.19. The number of amides is 3. The molecule has 0 aliphatic carbocycles. The van der Waals surface area contributed by atoms with Gasteiger partial charge in [-0.2, -0.15) is 0 Å². The van der Waals surface area contributed by atoms with Gasteiger partial charge in [0.05, 0.1) is 6.54 Å². The van der Waals surface area contributed by atoms with Crippen molar-refractivity contribution in [2.75, 3.05) is 16.7 Å². The first kappa shape index (κ1) is 21.1. The molecule has 0 aliphatic rings. The van der Waals surface area contributed by atoms with Gasteiger partial charge in [0.1, 0.15) is 0 Å². The number of hydrogen-bond acceptors (Lipinski definition) is 4. The summed E-state index contributed by atoms with van der Waals surface area (Å²) in [6.45, 7) is 0.822. The first-order valence-corrected chi connectivity index (χ1v) is 12.1. The van der Waals surface area contributed by atoms with Crippen molar-refractivity contribution in [2.45, 2.75) is 13.0 Å². The number of nitrogens with one attached hydrogen (secondary N) is 1. The third kappa shape index (κ3) is 7.59. The molecule has 0 heterocycles. The molecule has 138 valence electrons. The Labute approximate surface area is 176 Å². The first-order valence-electron chi connectivity index (χ1n) is 8.23. The van der Waals surface area contributed by atoms with Crippen LogP contribution in [0.25, 0.3) is 0 Å². The zero-order chi connectivity index (χ0) is 18.6. The Morgan fingerprint density at radius 2 is 1.58 bits per heavy atom. The molecule has 0 bridgehead atoms. The lowest BCUT2D eigenvalue weighted by Crippen LogP contribution is -2.42. The number of urea groups is 1. The van der Waals surface area contributed by atoms with E-state index in [-0.39, 0.29) is 17.8 Å². The number of rotatable bonds is 8. The van der Waals surface area contributed by atoms with Gasteiger partial charge >= 0.3 is 11.3 Å². The summed E-state index contributed by atoms with van der Waals surface area (Å²) in [7, 11) is 2.61. The molecule has 2 aromatic carbocycles. The molecule has 3 amide bonds. The minimum absolute atomic E-state index is 0.238. The summed E-state index contributed by atoms with van der Waals surface area (Å²) in [5.41, 5.74) is 2.18. The summed E-state index contributed by atoms with van der Waals surface area (Å²) in [6.07, 6.45) is 0.894. The van der Waals surface area contributed by atoms with Gasteiger partial charge < -0.3 is 5.32 Å². The fourth-order valence-corrected chi connectivity index (χ4v) is 4.26. The fourth-order valence-electron chi connectivity index (χ4n) is 2.18. The number of halogens is 1. The van der Waals surface area contributed by atoms with Crippen LogP contribution in [0.4, 0.5) is 9.59 Å². The van der Waals surface area contributed by atoms with Crippen molar-refractivity contribution < 1.29 is 9.59 Å². The number of nitrogens with zero attached hydrogens (tertiary/aromatic N) is 1. The van der Waals surface area contributed by atoms with Crippen molar-refractivity contribution in [2.24, 2.45) is 0 Å². The molecular formula is C19H21IN2O2S2. The minimum Gasteiger partial charge on any atom is -0.337 e. The van der Waals surface area contributed by atoms with Crippen LogP contribution >= 0.6 is 44.2 Å². The van der Waals surface area contributed by atoms with E-state index in [2.05, 4.69) is 40.0 Å². The van der Waals surface area contributed by atoms with Gasteiger partial charge in [-0.05, 0) is 17.5 Å². The van der Waals surface area contributed by atoms with Gasteiger partial charge in [0, 0.05) is 27.5 Å². The summed E-state index contributed by atoms with van der Waals surface area (Å²) in [5.74, 6) is 0.814. The maximum atomic E-state index is 12.6. The van der Waals surface area contributed by atoms with E-state index in [1.54, 1.807) is 0 Å². The molecular weight excluding hydrogens is 479 g/mol. The maximum Gasteiger partial charge on any atom is 0.325 e. The number of aryl methyl sites for hydroxylation is 1. The molecule has 0 aliphatic heterocycles. The van der Waals surface area contributed by atoms with Gasteiger partial charge in [0.2, 0.25) is 0 Å². The first-order chi connectivity index (χ1) is 12.7. The molecule has 0 aromatic heterocycles. The summed E-state index contributed by atoms with van der Waals surface area (Å²) in [4.78, 5) is 26.2. The second-order valence-corrected chi connectivity index (χ2v) is 8.85. The minimum atomic E-state index is -0.341. The Morgan fingerprint density at radius 3 is 2.19 bits per heavy atom. The van der Waals surface area contributed by atoms with E-state index in [1.807, 2.05) is 48.5 Å². The van der Waals surface area contributed by atoms with E-state index in [0.717, 1.165) is 33.0 Å². The molecule has 2 aromatic rings. The van der Waals surface area contributed by atoms with Crippen LogP contribution < -0.4 is 5.32 Å². The molecule has 0 fully saturated rings. The Morgan fingerprint density at radius 1 is 0.962 bits per heavy atom. The summed E-state index contributed by atoms with van der Waals surface area (Å²) in [6, 6.07) is 19.4. The average molecular weight is 500 g/mol. The molecule has 0 saturated heterocycles. The zero-order valence-corrected chi connectivity index (χ0v) is 18.1. The number of hydrogen-bond donors (Lipinski definition) is 1. The lowest BCUT2D eigenvalue weighted by molar-refractivity contribution is 0.198. The molecule has 0 radical (unpaired) electrons. The van der Waals surface area contributed by atoms with E-state index >= 15 is 0 Å². The third-order valence-corrected chi connectivity index (χ3v) is 6.14. The molecule has 0 spiro atoms. The second-order valence-electron chi connectivity index (χ2n) is 5.40. The monoisotopic (exact) mass is 500 g/mol. The maximum absolute atomic E-state index is 12.6. The van der Waals surface area contributed by atoms with Gasteiger partial charge in [-0.15, -0.1) is 0 Å². The number of imide groups is 1. The van der Waals surface area contributed by atoms with Gasteiger partial charge in [-0.25, -0.2) is 9.69 Å². The lowest BCUT2D eigenvalue weighted by atomic mass is 10.2. The summed E-state index contributed by atoms with van der Waals surface area (Å²) in [5, 5.41) is 2.55. The smallest absolute Gasteiger partial charge is 0.325 e. The van der Waals surface area contributed by atoms with Crippen molar-refractivity contribution in [1.82, 2.24) is 10.2 Å². The molecule has 1 N–H and O–H groups in total. The molecule has 0 saturated carbocycles. The van der Waals surface area contributed by atoms with E-state index in [4.69, 9.17) is 0 Å². The number of carbonyl (C=O) groups is 2. The summed E-state index contributed by atoms with van der Waals surface area (Å²) < 4.78 is 0.801. The van der Waals surface area contributed by atoms with Gasteiger partial charge in [-0.1, -0.05) is 94.0 Å². The number of benzene rings is 2. The lowest BCUT2D eigenvalue weighted by Gasteiger charge is -2.20. The molecule has 0 atom stereocenters. The van der Waals surface area contributed by atoms with Crippen molar-refractivity contribution in [3.63, 3.8) is 0 Å². The number of carbonyl (C=O) groups excluding carboxylic acids is 2. The Balaban J connectivity index is 1.88. The highest BCUT2D eigenvalue weighted by Crippen LogP contribution is 2.26. The van der Waals surface area contributed by atoms with Crippen LogP contribution in [0.1, 0.15) is 11.1 Å². The Kier molecular flexibility index (Phi) is 9.94. The molecule has 2 rings (SSSR count). The van der Waals surface area contributed by atoms with Crippen LogP contribution in [0, 0.1) is 0 Å². The van der Waals surface area contributed by atoms with E-state index in [1.165, 1.54) is 21.3 Å². The third-order valence-electron chi connectivity index (χ3n) is 3.47. The highest BCUT2D eigenvalue weighted by atomic mass is 127. The van der Waals surface area contributed by atoms with Crippen LogP contribution in [-0.4, -0.2) is 32.9 Å². The zero-order valence-electron chi connectivity index (χ0n) is 14.3. The predicted molar refractivity (Wildman–Crippen MR) is 120 cm³/mol. The van der Waals surface area contributed by atoms with Crippen LogP contribution in [0.3, 0.4) is 0 Å². The normalized spacial score (nSPS) is 10.3. The highest BCUT2D eigenvalue weighted by Gasteiger charge is 2.22. The van der Waals surface area contributed by atoms with Crippen molar-refractivity contribution in [3.05, 3.63) is 71.8 Å². The summed E-state index contributed by atoms with van der Waals surface area (Å²) >= 11 is 2.19. The molecule has 7 heteroatoms. The number of alkyl halides is 1. The standard InChI is InChI=1S/C19H21IN2O2S2/c20-12-13-21-18(23)22(15-17-9-5-2-6-10-17)19(24)26-25-14-11-16-7-3-1-4-8-16/h1-10H,11-15H2,(H,21,23). The quantitative estimate of drug-likeness (QED) is 0.229. The molecule has 26 heavy (non-hydrogen) atoms. The van der Waals surface area contributed by atoms with Crippen LogP contribution in [0.5, 0.6) is 0 Å². The van der Waals surface area contributed by atoms with E-state index < -0.39 is 0 Å². The second kappa shape index (κ2) is 12.2. The van der Waals surface area contributed by atoms with E-state index in [0.29, 0.717) is 6.54 Å². The predicted octanol–water partition coefficient (Wildman–Crippen LogP) is 5.38. The van der Waals surface area contributed by atoms with Gasteiger partial charge in [0.25, 0.3) is 0 Å². The van der Waals surface area contributed by atoms with Crippen molar-refractivity contribution in [3.8, 4) is 0 Å². The van der Waals surface area contributed by atoms with Gasteiger partial charge in [0.15, 0.2) is 0 Å². The van der Waals surface area contributed by atoms with Crippen molar-refractivity contribution in [1.29, 1.82) is 0 Å². The fraction of sp³-hybridized carbons (Fsp3) is 0.263.